The lowest BCUT2D eigenvalue weighted by molar-refractivity contribution is 0.477. The molecular weight excluding hydrogens is 415 g/mol. The molecule has 0 saturated carbocycles. The number of anilines is 1. The lowest BCUT2D eigenvalue weighted by Crippen LogP contribution is -2.28. The van der Waals surface area contributed by atoms with Gasteiger partial charge in [0.2, 0.25) is 0 Å². The van der Waals surface area contributed by atoms with Crippen molar-refractivity contribution in [1.29, 1.82) is 0 Å². The molecule has 0 fully saturated rings. The van der Waals surface area contributed by atoms with Gasteiger partial charge in [-0.3, -0.25) is 0 Å². The minimum Gasteiger partial charge on any atom is -0.507 e. The van der Waals surface area contributed by atoms with Crippen LogP contribution in [0.2, 0.25) is 0 Å². The minimum atomic E-state index is 0.0632. The van der Waals surface area contributed by atoms with Gasteiger partial charge in [0.25, 0.3) is 0 Å². The Morgan fingerprint density at radius 2 is 2.00 bits per heavy atom. The number of nitrogens with two attached hydrogens (primary N) is 1. The summed E-state index contributed by atoms with van der Waals surface area (Å²) in [5.74, 6) is 1.40. The second-order valence-corrected chi connectivity index (χ2v) is 6.87. The van der Waals surface area contributed by atoms with Gasteiger partial charge in [-0.15, -0.1) is 0 Å². The van der Waals surface area contributed by atoms with Crippen molar-refractivity contribution >= 4 is 39.3 Å². The number of phenols is 1. The van der Waals surface area contributed by atoms with E-state index >= 15 is 0 Å². The van der Waals surface area contributed by atoms with Gasteiger partial charge in [0.15, 0.2) is 5.82 Å². The largest absolute Gasteiger partial charge is 0.507 e. The van der Waals surface area contributed by atoms with Crippen molar-refractivity contribution in [3.63, 3.8) is 0 Å². The molecule has 3 rings (SSSR count). The Bertz CT molecular complexity index is 869. The van der Waals surface area contributed by atoms with Gasteiger partial charge in [-0.2, -0.15) is 0 Å². The zero-order valence-corrected chi connectivity index (χ0v) is 15.5. The Balaban J connectivity index is 2.11. The number of phenolic OH excluding ortho intramolecular Hbond substituents is 1. The van der Waals surface area contributed by atoms with E-state index in [-0.39, 0.29) is 11.8 Å². The highest BCUT2D eigenvalue weighted by molar-refractivity contribution is 14.1. The topological polar surface area (TPSA) is 84.1 Å². The number of rotatable bonds is 5. The summed E-state index contributed by atoms with van der Waals surface area (Å²) in [6.07, 6.45) is 0.889. The molecule has 0 aliphatic rings. The van der Waals surface area contributed by atoms with Gasteiger partial charge in [0.05, 0.1) is 11.1 Å². The van der Waals surface area contributed by atoms with Crippen molar-refractivity contribution in [3.05, 3.63) is 46.0 Å². The van der Waals surface area contributed by atoms with E-state index in [0.29, 0.717) is 17.9 Å². The van der Waals surface area contributed by atoms with E-state index in [9.17, 15) is 5.11 Å². The Morgan fingerprint density at radius 3 is 2.79 bits per heavy atom. The molecule has 124 valence electrons. The van der Waals surface area contributed by atoms with E-state index in [1.54, 1.807) is 6.07 Å². The molecule has 1 atom stereocenters. The number of benzene rings is 2. The molecule has 24 heavy (non-hydrogen) atoms. The van der Waals surface area contributed by atoms with Crippen LogP contribution in [0, 0.1) is 3.57 Å². The number of aromatic hydroxyl groups is 1. The summed E-state index contributed by atoms with van der Waals surface area (Å²) in [7, 11) is 0. The van der Waals surface area contributed by atoms with E-state index in [1.807, 2.05) is 36.4 Å². The van der Waals surface area contributed by atoms with Crippen molar-refractivity contribution in [2.75, 3.05) is 11.9 Å². The average molecular weight is 434 g/mol. The Hall–Kier alpha value is -1.93. The van der Waals surface area contributed by atoms with Gasteiger partial charge in [-0.25, -0.2) is 9.97 Å². The predicted molar refractivity (Wildman–Crippen MR) is 106 cm³/mol. The molecule has 0 spiro atoms. The van der Waals surface area contributed by atoms with Crippen LogP contribution in [0.25, 0.3) is 22.3 Å². The van der Waals surface area contributed by atoms with Gasteiger partial charge >= 0.3 is 0 Å². The average Bonchev–Trinajstić information content (AvgIpc) is 2.61. The van der Waals surface area contributed by atoms with Crippen molar-refractivity contribution in [1.82, 2.24) is 9.97 Å². The van der Waals surface area contributed by atoms with E-state index in [2.05, 4.69) is 44.8 Å². The number of hydrogen-bond acceptors (Lipinski definition) is 5. The first-order valence-electron chi connectivity index (χ1n) is 7.83. The number of nitrogens with one attached hydrogen (secondary N) is 1. The first kappa shape index (κ1) is 16.9. The highest BCUT2D eigenvalue weighted by Gasteiger charge is 2.13. The van der Waals surface area contributed by atoms with E-state index in [0.717, 1.165) is 26.7 Å². The van der Waals surface area contributed by atoms with Gasteiger partial charge in [-0.1, -0.05) is 19.1 Å². The quantitative estimate of drug-likeness (QED) is 0.533. The van der Waals surface area contributed by atoms with E-state index < -0.39 is 0 Å². The fraction of sp³-hybridized carbons (Fsp3) is 0.222. The molecular formula is C18H19IN4O. The fourth-order valence-electron chi connectivity index (χ4n) is 2.39. The third-order valence-corrected chi connectivity index (χ3v) is 4.53. The standard InChI is InChI=1S/C18H19IN4O/c1-2-12(20)10-21-17-13-5-3-4-6-15(13)22-18(23-17)14-9-11(19)7-8-16(14)24/h3-9,12,24H,2,10,20H2,1H3,(H,21,22,23)/t12-/m1/s1. The Labute approximate surface area is 154 Å². The van der Waals surface area contributed by atoms with Crippen LogP contribution in [0.1, 0.15) is 13.3 Å². The molecule has 0 saturated heterocycles. The number of halogens is 1. The van der Waals surface area contributed by atoms with Crippen LogP contribution in [0.4, 0.5) is 5.82 Å². The second kappa shape index (κ2) is 7.31. The number of nitrogens with zero attached hydrogens (tertiary/aromatic N) is 2. The molecule has 6 heteroatoms. The fourth-order valence-corrected chi connectivity index (χ4v) is 2.88. The SMILES string of the molecule is CC[C@@H](N)CNc1nc(-c2cc(I)ccc2O)nc2ccccc12. The third-order valence-electron chi connectivity index (χ3n) is 3.86. The summed E-state index contributed by atoms with van der Waals surface area (Å²) in [6, 6.07) is 13.3. The zero-order valence-electron chi connectivity index (χ0n) is 13.3. The Kier molecular flexibility index (Phi) is 5.15. The highest BCUT2D eigenvalue weighted by atomic mass is 127. The molecule has 0 aliphatic carbocycles. The van der Waals surface area contributed by atoms with Crippen LogP contribution in [-0.4, -0.2) is 27.7 Å². The molecule has 0 amide bonds. The van der Waals surface area contributed by atoms with Crippen LogP contribution in [0.3, 0.4) is 0 Å². The van der Waals surface area contributed by atoms with E-state index in [4.69, 9.17) is 5.73 Å². The maximum atomic E-state index is 10.2. The molecule has 0 aliphatic heterocycles. The maximum absolute atomic E-state index is 10.2. The van der Waals surface area contributed by atoms with Crippen LogP contribution in [-0.2, 0) is 0 Å². The molecule has 1 aromatic heterocycles. The van der Waals surface area contributed by atoms with Crippen LogP contribution in [0.5, 0.6) is 5.75 Å². The summed E-state index contributed by atoms with van der Waals surface area (Å²) in [5, 5.41) is 14.4. The molecule has 4 N–H and O–H groups in total. The van der Waals surface area contributed by atoms with Crippen molar-refractivity contribution in [2.24, 2.45) is 5.73 Å². The van der Waals surface area contributed by atoms with Crippen LogP contribution < -0.4 is 11.1 Å². The number of hydrogen-bond donors (Lipinski definition) is 3. The number of aromatic nitrogens is 2. The zero-order chi connectivity index (χ0) is 17.1. The first-order valence-corrected chi connectivity index (χ1v) is 8.91. The summed E-state index contributed by atoms with van der Waals surface area (Å²) in [4.78, 5) is 9.25. The highest BCUT2D eigenvalue weighted by Crippen LogP contribution is 2.31. The maximum Gasteiger partial charge on any atom is 0.165 e. The third kappa shape index (κ3) is 3.59. The second-order valence-electron chi connectivity index (χ2n) is 5.62. The van der Waals surface area contributed by atoms with Gasteiger partial charge in [0, 0.05) is 21.5 Å². The van der Waals surface area contributed by atoms with E-state index in [1.165, 1.54) is 0 Å². The summed E-state index contributed by atoms with van der Waals surface area (Å²) < 4.78 is 1.01. The van der Waals surface area contributed by atoms with Crippen LogP contribution in [0.15, 0.2) is 42.5 Å². The molecule has 0 unspecified atom stereocenters. The number of fused-ring (bicyclic) bond motifs is 1. The summed E-state index contributed by atoms with van der Waals surface area (Å²) in [6.45, 7) is 2.69. The first-order chi connectivity index (χ1) is 11.6. The van der Waals surface area contributed by atoms with Crippen molar-refractivity contribution in [3.8, 4) is 17.1 Å². The van der Waals surface area contributed by atoms with Crippen molar-refractivity contribution in [2.45, 2.75) is 19.4 Å². The molecule has 0 bridgehead atoms. The molecule has 1 heterocycles. The monoisotopic (exact) mass is 434 g/mol. The molecule has 2 aromatic carbocycles. The summed E-state index contributed by atoms with van der Waals surface area (Å²) in [5.41, 5.74) is 7.46. The lowest BCUT2D eigenvalue weighted by atomic mass is 10.1. The number of para-hydroxylation sites is 1. The normalized spacial score (nSPS) is 12.3. The molecule has 0 radical (unpaired) electrons. The van der Waals surface area contributed by atoms with Crippen molar-refractivity contribution < 1.29 is 5.11 Å². The molecule has 5 nitrogen and oxygen atoms in total. The Morgan fingerprint density at radius 1 is 1.21 bits per heavy atom. The van der Waals surface area contributed by atoms with Gasteiger partial charge in [0.1, 0.15) is 11.6 Å². The van der Waals surface area contributed by atoms with Gasteiger partial charge in [-0.05, 0) is 59.3 Å². The molecule has 3 aromatic rings. The van der Waals surface area contributed by atoms with Gasteiger partial charge < -0.3 is 16.2 Å². The smallest absolute Gasteiger partial charge is 0.165 e. The minimum absolute atomic E-state index is 0.0632. The summed E-state index contributed by atoms with van der Waals surface area (Å²) >= 11 is 2.21. The lowest BCUT2D eigenvalue weighted by Gasteiger charge is -2.14. The van der Waals surface area contributed by atoms with Crippen LogP contribution >= 0.6 is 22.6 Å². The predicted octanol–water partition coefficient (Wildman–Crippen LogP) is 3.76.